The number of rotatable bonds is 9. The molecule has 2 amide bonds. The number of hydrazone groups is 1. The van der Waals surface area contributed by atoms with Gasteiger partial charge in [0.05, 0.1) is 26.5 Å². The van der Waals surface area contributed by atoms with Gasteiger partial charge >= 0.3 is 0 Å². The highest BCUT2D eigenvalue weighted by atomic mass is 16.5. The molecule has 0 saturated carbocycles. The molecule has 2 N–H and O–H groups in total. The number of ether oxygens (including phenoxy) is 2. The molecule has 142 valence electrons. The number of amides is 2. The lowest BCUT2D eigenvalue weighted by Gasteiger charge is -2.07. The average molecular weight is 369 g/mol. The molecule has 0 aliphatic heterocycles. The number of benzene rings is 2. The molecule has 0 spiro atoms. The van der Waals surface area contributed by atoms with Gasteiger partial charge in [0.1, 0.15) is 11.5 Å². The number of nitrogens with one attached hydrogen (secondary N) is 2. The molecule has 2 aromatic rings. The van der Waals surface area contributed by atoms with E-state index in [1.54, 1.807) is 37.4 Å². The summed E-state index contributed by atoms with van der Waals surface area (Å²) in [5.74, 6) is 0.635. The van der Waals surface area contributed by atoms with Gasteiger partial charge in [-0.15, -0.1) is 0 Å². The molecular weight excluding hydrogens is 346 g/mol. The number of carbonyl (C=O) groups is 2. The highest BCUT2D eigenvalue weighted by Crippen LogP contribution is 2.12. The van der Waals surface area contributed by atoms with Crippen LogP contribution in [0, 0.1) is 0 Å². The van der Waals surface area contributed by atoms with Crippen LogP contribution in [-0.2, 0) is 4.79 Å². The molecular formula is C20H23N3O4. The van der Waals surface area contributed by atoms with Gasteiger partial charge in [-0.3, -0.25) is 9.59 Å². The van der Waals surface area contributed by atoms with Crippen molar-refractivity contribution in [3.05, 3.63) is 59.7 Å². The molecule has 0 radical (unpaired) electrons. The van der Waals surface area contributed by atoms with Crippen LogP contribution in [-0.4, -0.2) is 38.3 Å². The Kier molecular flexibility index (Phi) is 7.84. The predicted molar refractivity (Wildman–Crippen MR) is 103 cm³/mol. The van der Waals surface area contributed by atoms with E-state index in [1.165, 1.54) is 6.21 Å². The Morgan fingerprint density at radius 2 is 1.89 bits per heavy atom. The van der Waals surface area contributed by atoms with Crippen LogP contribution in [0.3, 0.4) is 0 Å². The predicted octanol–water partition coefficient (Wildman–Crippen LogP) is 2.36. The second-order valence-corrected chi connectivity index (χ2v) is 5.63. The topological polar surface area (TPSA) is 89.0 Å². The van der Waals surface area contributed by atoms with Crippen molar-refractivity contribution in [3.8, 4) is 11.5 Å². The largest absolute Gasteiger partial charge is 0.497 e. The smallest absolute Gasteiger partial charge is 0.259 e. The Labute approximate surface area is 158 Å². The summed E-state index contributed by atoms with van der Waals surface area (Å²) in [4.78, 5) is 23.8. The van der Waals surface area contributed by atoms with Gasteiger partial charge in [0.2, 0.25) is 0 Å². The van der Waals surface area contributed by atoms with Crippen molar-refractivity contribution in [2.75, 3.05) is 20.3 Å². The van der Waals surface area contributed by atoms with Gasteiger partial charge in [0.25, 0.3) is 11.8 Å². The van der Waals surface area contributed by atoms with Crippen LogP contribution >= 0.6 is 0 Å². The summed E-state index contributed by atoms with van der Waals surface area (Å²) in [6.45, 7) is 2.47. The van der Waals surface area contributed by atoms with Gasteiger partial charge in [0, 0.05) is 5.56 Å². The van der Waals surface area contributed by atoms with Crippen molar-refractivity contribution >= 4 is 18.0 Å². The van der Waals surface area contributed by atoms with Crippen molar-refractivity contribution in [2.24, 2.45) is 5.10 Å². The monoisotopic (exact) mass is 369 g/mol. The number of hydrogen-bond acceptors (Lipinski definition) is 5. The van der Waals surface area contributed by atoms with Crippen LogP contribution < -0.4 is 20.2 Å². The molecule has 7 nitrogen and oxygen atoms in total. The first-order chi connectivity index (χ1) is 13.1. The number of carbonyl (C=O) groups excluding carboxylic acids is 2. The molecule has 0 aliphatic rings. The fourth-order valence-electron chi connectivity index (χ4n) is 2.13. The van der Waals surface area contributed by atoms with Crippen molar-refractivity contribution < 1.29 is 19.1 Å². The Morgan fingerprint density at radius 3 is 2.59 bits per heavy atom. The molecule has 0 unspecified atom stereocenters. The fraction of sp³-hybridized carbons (Fsp3) is 0.250. The molecule has 0 aliphatic carbocycles. The minimum absolute atomic E-state index is 0.178. The van der Waals surface area contributed by atoms with Gasteiger partial charge in [0.15, 0.2) is 0 Å². The Hall–Kier alpha value is -3.35. The molecule has 7 heteroatoms. The first-order valence-electron chi connectivity index (χ1n) is 8.59. The summed E-state index contributed by atoms with van der Waals surface area (Å²) in [6.07, 6.45) is 2.41. The summed E-state index contributed by atoms with van der Waals surface area (Å²) >= 11 is 0. The van der Waals surface area contributed by atoms with Crippen LogP contribution in [0.25, 0.3) is 0 Å². The molecule has 0 aromatic heterocycles. The minimum atomic E-state index is -0.426. The molecule has 2 aromatic carbocycles. The van der Waals surface area contributed by atoms with Crippen LogP contribution in [0.5, 0.6) is 11.5 Å². The van der Waals surface area contributed by atoms with Crippen LogP contribution in [0.4, 0.5) is 0 Å². The van der Waals surface area contributed by atoms with E-state index in [4.69, 9.17) is 9.47 Å². The first-order valence-corrected chi connectivity index (χ1v) is 8.59. The third-order valence-electron chi connectivity index (χ3n) is 3.50. The van der Waals surface area contributed by atoms with Gasteiger partial charge in [-0.1, -0.05) is 19.1 Å². The highest BCUT2D eigenvalue weighted by Gasteiger charge is 2.07. The molecule has 0 fully saturated rings. The van der Waals surface area contributed by atoms with E-state index >= 15 is 0 Å². The van der Waals surface area contributed by atoms with Crippen molar-refractivity contribution in [1.82, 2.24) is 10.7 Å². The number of nitrogens with zero attached hydrogens (tertiary/aromatic N) is 1. The van der Waals surface area contributed by atoms with E-state index < -0.39 is 5.91 Å². The van der Waals surface area contributed by atoms with E-state index in [-0.39, 0.29) is 12.5 Å². The highest BCUT2D eigenvalue weighted by molar-refractivity contribution is 5.96. The molecule has 2 rings (SSSR count). The van der Waals surface area contributed by atoms with Gasteiger partial charge in [-0.05, 0) is 48.4 Å². The first kappa shape index (κ1) is 20.0. The SMILES string of the molecule is CCCOc1ccc(C(=O)NCC(=O)N/N=C/c2cccc(OC)c2)cc1. The van der Waals surface area contributed by atoms with Crippen molar-refractivity contribution in [1.29, 1.82) is 0 Å². The fourth-order valence-corrected chi connectivity index (χ4v) is 2.13. The van der Waals surface area contributed by atoms with E-state index in [1.807, 2.05) is 25.1 Å². The van der Waals surface area contributed by atoms with Gasteiger partial charge in [-0.25, -0.2) is 5.43 Å². The van der Waals surface area contributed by atoms with Crippen molar-refractivity contribution in [3.63, 3.8) is 0 Å². The minimum Gasteiger partial charge on any atom is -0.497 e. The standard InChI is InChI=1S/C20H23N3O4/c1-3-11-27-17-9-7-16(8-10-17)20(25)21-14-19(24)23-22-13-15-5-4-6-18(12-15)26-2/h4-10,12-13H,3,11,14H2,1-2H3,(H,21,25)(H,23,24)/b22-13+. The zero-order chi connectivity index (χ0) is 19.5. The Bertz CT molecular complexity index is 788. The summed E-state index contributed by atoms with van der Waals surface area (Å²) in [7, 11) is 1.58. The Morgan fingerprint density at radius 1 is 1.11 bits per heavy atom. The van der Waals surface area contributed by atoms with Crippen molar-refractivity contribution in [2.45, 2.75) is 13.3 Å². The van der Waals surface area contributed by atoms with Gasteiger partial charge < -0.3 is 14.8 Å². The zero-order valence-electron chi connectivity index (χ0n) is 15.4. The Balaban J connectivity index is 1.77. The lowest BCUT2D eigenvalue weighted by Crippen LogP contribution is -2.34. The lowest BCUT2D eigenvalue weighted by atomic mass is 10.2. The van der Waals surface area contributed by atoms with Gasteiger partial charge in [-0.2, -0.15) is 5.10 Å². The zero-order valence-corrected chi connectivity index (χ0v) is 15.4. The maximum atomic E-state index is 12.1. The third kappa shape index (κ3) is 6.81. The van der Waals surface area contributed by atoms with E-state index in [9.17, 15) is 9.59 Å². The number of methoxy groups -OCH3 is 1. The van der Waals surface area contributed by atoms with Crippen LogP contribution in [0.1, 0.15) is 29.3 Å². The maximum Gasteiger partial charge on any atom is 0.259 e. The molecule has 0 heterocycles. The van der Waals surface area contributed by atoms with E-state index in [0.717, 1.165) is 12.0 Å². The summed E-state index contributed by atoms with van der Waals surface area (Å²) in [5, 5.41) is 6.40. The lowest BCUT2D eigenvalue weighted by molar-refractivity contribution is -0.120. The second-order valence-electron chi connectivity index (χ2n) is 5.63. The van der Waals surface area contributed by atoms with Crippen LogP contribution in [0.15, 0.2) is 53.6 Å². The molecule has 0 saturated heterocycles. The average Bonchev–Trinajstić information content (AvgIpc) is 2.71. The summed E-state index contributed by atoms with van der Waals surface area (Å²) in [5.41, 5.74) is 3.59. The maximum absolute atomic E-state index is 12.1. The second kappa shape index (κ2) is 10.6. The molecule has 0 bridgehead atoms. The van der Waals surface area contributed by atoms with E-state index in [0.29, 0.717) is 23.7 Å². The number of hydrogen-bond donors (Lipinski definition) is 2. The normalized spacial score (nSPS) is 10.4. The molecule has 0 atom stereocenters. The summed E-state index contributed by atoms with van der Waals surface area (Å²) < 4.78 is 10.6. The third-order valence-corrected chi connectivity index (χ3v) is 3.50. The van der Waals surface area contributed by atoms with Crippen LogP contribution in [0.2, 0.25) is 0 Å². The summed E-state index contributed by atoms with van der Waals surface area (Å²) in [6, 6.07) is 14.0. The van der Waals surface area contributed by atoms with E-state index in [2.05, 4.69) is 15.8 Å². The molecule has 27 heavy (non-hydrogen) atoms. The quantitative estimate of drug-likeness (QED) is 0.525.